The van der Waals surface area contributed by atoms with E-state index >= 15 is 13.2 Å². The third-order valence-electron chi connectivity index (χ3n) is 34.6. The molecular formula is C108H119F4NO17S2. The first-order chi connectivity index (χ1) is 62.4. The fraction of sp³-hybridized carbons (Fsp3) is 0.500. The molecule has 18 nitrogen and oxygen atoms in total. The van der Waals surface area contributed by atoms with Crippen LogP contribution >= 0.6 is 23.5 Å². The summed E-state index contributed by atoms with van der Waals surface area (Å²) in [6.07, 6.45) is 8.95. The van der Waals surface area contributed by atoms with Gasteiger partial charge in [0.25, 0.3) is 0 Å². The van der Waals surface area contributed by atoms with Gasteiger partial charge in [-0.2, -0.15) is 0 Å². The lowest BCUT2D eigenvalue weighted by molar-refractivity contribution is -0.232. The summed E-state index contributed by atoms with van der Waals surface area (Å²) in [5, 5.41) is 55.0. The van der Waals surface area contributed by atoms with Gasteiger partial charge in [-0.05, 0) is 229 Å². The predicted octanol–water partition coefficient (Wildman–Crippen LogP) is 17.9. The highest BCUT2D eigenvalue weighted by Crippen LogP contribution is 2.77. The number of hydrogen-bond donors (Lipinski definition) is 6. The van der Waals surface area contributed by atoms with Gasteiger partial charge in [-0.25, -0.2) is 17.6 Å². The van der Waals surface area contributed by atoms with Gasteiger partial charge in [0, 0.05) is 83.3 Å². The molecule has 24 heteroatoms. The second-order valence-electron chi connectivity index (χ2n) is 41.1. The third-order valence-corrected chi connectivity index (χ3v) is 36.3. The van der Waals surface area contributed by atoms with Crippen LogP contribution in [0.4, 0.5) is 23.2 Å². The highest BCUT2D eigenvalue weighted by molar-refractivity contribution is 8.13. The molecule has 3 aliphatic heterocycles. The van der Waals surface area contributed by atoms with Gasteiger partial charge >= 0.3 is 0 Å². The fourth-order valence-electron chi connectivity index (χ4n) is 28.4. The SMILES string of the molecule is C.C[C@]12C=CC(=O)C=C1CC[C@@H]1[C@@H]2[C@@H](O)C[C@@]2(C)[C@H]1C[C@H]1O[C@@H](c3ccc(Cc4cccc(N)c4)cc3)O[C@]12C(=O)CO.Cc1cccc(Cc2ccc([C@@H]3O[C@@H]4C[C@H]5[C@@H]6C[C@H](F)C7=CC(=O)C=C[C@]7(C)[C@@]6(F)[C@@H](O)C[C@]5(C)[C@]4(C(=O)SCF)O3)cc2)c1.Cc1cccc(SCc2ccc([C@@H]3O[C@@H]4C[C@H]5[C@@H]6CCC7=CC(=O)C=C[C@]7(C)[C@@]6(F)[C@@H](O)C[C@]5(C)[C@]4(C(=O)CO)O3)cc2)c1. The van der Waals surface area contributed by atoms with E-state index in [1.54, 1.807) is 43.8 Å². The van der Waals surface area contributed by atoms with Crippen molar-refractivity contribution in [2.45, 2.75) is 247 Å². The number of aryl methyl sites for hydroxylation is 2. The zero-order chi connectivity index (χ0) is 92.5. The third kappa shape index (κ3) is 14.2. The van der Waals surface area contributed by atoms with E-state index < -0.39 is 176 Å². The normalized spacial score (nSPS) is 40.4. The maximum absolute atomic E-state index is 17.6. The Bertz CT molecular complexity index is 5780. The van der Waals surface area contributed by atoms with E-state index in [4.69, 9.17) is 34.2 Å². The number of aliphatic hydroxyl groups excluding tert-OH is 5. The van der Waals surface area contributed by atoms with Crippen LogP contribution < -0.4 is 5.73 Å². The van der Waals surface area contributed by atoms with Crippen LogP contribution in [-0.4, -0.2) is 150 Å². The molecule has 0 spiro atoms. The molecule has 132 heavy (non-hydrogen) atoms. The van der Waals surface area contributed by atoms with E-state index in [1.165, 1.54) is 52.8 Å². The average Bonchev–Trinajstić information content (AvgIpc) is 1.24. The molecule has 0 aromatic heterocycles. The van der Waals surface area contributed by atoms with Crippen molar-refractivity contribution in [3.63, 3.8) is 0 Å². The van der Waals surface area contributed by atoms with Gasteiger partial charge in [0.2, 0.25) is 5.12 Å². The molecule has 15 aliphatic rings. The van der Waals surface area contributed by atoms with E-state index in [1.807, 2.05) is 116 Å². The van der Waals surface area contributed by atoms with Crippen LogP contribution in [0, 0.1) is 87.8 Å². The molecule has 9 saturated carbocycles. The van der Waals surface area contributed by atoms with E-state index in [0.29, 0.717) is 55.0 Å². The molecule has 698 valence electrons. The number of aliphatic hydroxyl groups is 5. The van der Waals surface area contributed by atoms with Gasteiger partial charge in [-0.15, -0.1) is 11.8 Å². The van der Waals surface area contributed by atoms with Crippen molar-refractivity contribution in [3.05, 3.63) is 273 Å². The number of benzene rings is 6. The molecule has 0 amide bonds. The van der Waals surface area contributed by atoms with E-state index in [-0.39, 0.29) is 79.7 Å². The minimum absolute atomic E-state index is 0. The fourth-order valence-corrected chi connectivity index (χ4v) is 30.1. The topological polar surface area (TPSA) is 285 Å². The Hall–Kier alpha value is -8.44. The van der Waals surface area contributed by atoms with Crippen molar-refractivity contribution < 1.29 is 100 Å². The lowest BCUT2D eigenvalue weighted by Gasteiger charge is -2.63. The summed E-state index contributed by atoms with van der Waals surface area (Å²) in [6, 6.07) is 47.2. The molecule has 6 aromatic carbocycles. The molecule has 3 saturated heterocycles. The molecule has 7 N–H and O–H groups in total. The number of carbonyl (C=O) groups excluding carboxylic acids is 6. The van der Waals surface area contributed by atoms with E-state index in [9.17, 15) is 58.7 Å². The number of Topliss-reactive ketones (excluding diaryl/α,β-unsaturated/α-hetero) is 2. The summed E-state index contributed by atoms with van der Waals surface area (Å²) in [7, 11) is 0. The highest BCUT2D eigenvalue weighted by atomic mass is 32.2. The van der Waals surface area contributed by atoms with Gasteiger partial charge < -0.3 is 59.7 Å². The Morgan fingerprint density at radius 1 is 0.500 bits per heavy atom. The molecule has 12 aliphatic carbocycles. The van der Waals surface area contributed by atoms with Crippen LogP contribution in [-0.2, 0) is 75.8 Å². The zero-order valence-corrected chi connectivity index (χ0v) is 76.6. The van der Waals surface area contributed by atoms with Gasteiger partial charge in [-0.1, -0.05) is 209 Å². The summed E-state index contributed by atoms with van der Waals surface area (Å²) < 4.78 is 104. The number of hydrogen-bond acceptors (Lipinski definition) is 20. The summed E-state index contributed by atoms with van der Waals surface area (Å²) in [5.74, 6) is -3.04. The van der Waals surface area contributed by atoms with Crippen LogP contribution in [0.1, 0.15) is 194 Å². The molecular weight excluding hydrogens is 1720 g/mol. The number of nitrogens with two attached hydrogens (primary N) is 1. The van der Waals surface area contributed by atoms with Crippen molar-refractivity contribution in [3.8, 4) is 0 Å². The zero-order valence-electron chi connectivity index (χ0n) is 74.9. The molecule has 21 rings (SSSR count). The Labute approximate surface area is 777 Å². The molecule has 28 atom stereocenters. The largest absolute Gasteiger partial charge is 0.399 e. The molecule has 6 aromatic rings. The lowest BCUT2D eigenvalue weighted by atomic mass is 9.44. The average molecular weight is 1840 g/mol. The quantitative estimate of drug-likeness (QED) is 0.0298. The molecule has 0 bridgehead atoms. The van der Waals surface area contributed by atoms with Gasteiger partial charge in [-0.3, -0.25) is 28.8 Å². The van der Waals surface area contributed by atoms with E-state index in [0.717, 1.165) is 82.2 Å². The summed E-state index contributed by atoms with van der Waals surface area (Å²) in [4.78, 5) is 79.0. The van der Waals surface area contributed by atoms with Crippen molar-refractivity contribution in [2.75, 3.05) is 25.0 Å². The molecule has 3 heterocycles. The number of fused-ring (bicyclic) bond motifs is 21. The maximum atomic E-state index is 17.6. The van der Waals surface area contributed by atoms with Crippen molar-refractivity contribution in [1.29, 1.82) is 0 Å². The number of nitrogen functional groups attached to an aromatic ring is 1. The van der Waals surface area contributed by atoms with Gasteiger partial charge in [0.15, 0.2) is 75.9 Å². The number of anilines is 1. The van der Waals surface area contributed by atoms with E-state index in [2.05, 4.69) is 70.2 Å². The number of ketones is 5. The Morgan fingerprint density at radius 3 is 1.52 bits per heavy atom. The number of thioether (sulfide) groups is 2. The van der Waals surface area contributed by atoms with Crippen molar-refractivity contribution in [1.82, 2.24) is 0 Å². The van der Waals surface area contributed by atoms with Crippen molar-refractivity contribution in [2.24, 2.45) is 73.9 Å². The number of rotatable bonds is 16. The Balaban J connectivity index is 0.000000132. The smallest absolute Gasteiger partial charge is 0.226 e. The first-order valence-corrected chi connectivity index (χ1v) is 48.2. The van der Waals surface area contributed by atoms with Gasteiger partial charge in [0.05, 0.1) is 36.6 Å². The lowest BCUT2D eigenvalue weighted by Crippen LogP contribution is -2.70. The number of allylic oxidation sites excluding steroid dienone is 12. The minimum Gasteiger partial charge on any atom is -0.399 e. The summed E-state index contributed by atoms with van der Waals surface area (Å²) in [6.45, 7) is 13.9. The van der Waals surface area contributed by atoms with Gasteiger partial charge in [0.1, 0.15) is 25.4 Å². The maximum Gasteiger partial charge on any atom is 0.226 e. The van der Waals surface area contributed by atoms with Crippen LogP contribution in [0.25, 0.3) is 0 Å². The second-order valence-corrected chi connectivity index (χ2v) is 43.0. The molecule has 12 fully saturated rings. The van der Waals surface area contributed by atoms with Crippen LogP contribution in [0.15, 0.2) is 222 Å². The number of carbonyl (C=O) groups is 6. The summed E-state index contributed by atoms with van der Waals surface area (Å²) in [5.41, 5.74) is 4.02. The van der Waals surface area contributed by atoms with Crippen LogP contribution in [0.3, 0.4) is 0 Å². The monoisotopic (exact) mass is 1840 g/mol. The number of ether oxygens (including phenoxy) is 6. The predicted molar refractivity (Wildman–Crippen MR) is 493 cm³/mol. The number of alkyl halides is 4. The molecule has 0 unspecified atom stereocenters. The minimum atomic E-state index is -2.30. The first kappa shape index (κ1) is 93.9. The Kier molecular flexibility index (Phi) is 24.5. The standard InChI is InChI=1S/C36H37F3O5S.C36H39FO6S.C35H39NO6.CH4/c1-20-5-4-6-22(13-20)14-21-7-9-23(10-8-21)31-43-30-17-25-26-16-28(38)27-15-24(40)11-12-33(27,2)35(26,39)29(41)18-34(25,3)36(30,44-31)32(42)45-19-37;1-21-5-4-6-26(15-21)44-20-22-7-9-23(10-8-22)32-42-31-17-28-27-12-11-24-16-25(39)13-14-33(24,2)35(27,37)29(40)18-34(28,3)36(31,43-32)30(41)19-38;1-33-13-12-25(38)16-23(33)10-11-26-27-17-30-35(29(40)19-37,34(27,2)18-28(39)31(26)33)42-32(41-30)22-8-6-20(7-9-22)14-21-4-3-5-24(36)15-21;/h4-13,15,25-26,28-31,41H,14,16-19H2,1-3H3;4-10,13-16,27-29,31-32,38,40H,11-12,17-20H2,1-3H3;3-9,12-13,15-16,26-28,30-32,37,39H,10-11,14,17-19,36H2,1-2H3;1H4/t25-,26-,28-,29-,30+,31+,33-,34-,35-,36-;27-,28-,29-,31+,32+,33-,34-,35-,36+;26-,27-,28-,30+,31+,32+,33-,34-,35+;/m000./s1. The number of halogens is 4. The second kappa shape index (κ2) is 34.4. The first-order valence-electron chi connectivity index (χ1n) is 46.2. The van der Waals surface area contributed by atoms with Crippen LogP contribution in [0.2, 0.25) is 0 Å². The Morgan fingerprint density at radius 2 is 0.962 bits per heavy atom. The molecule has 0 radical (unpaired) electrons. The van der Waals surface area contributed by atoms with Crippen LogP contribution in [0.5, 0.6) is 0 Å². The highest BCUT2D eigenvalue weighted by Gasteiger charge is 2.83. The van der Waals surface area contributed by atoms with Crippen molar-refractivity contribution >= 4 is 63.2 Å². The summed E-state index contributed by atoms with van der Waals surface area (Å²) >= 11 is 2.24.